The Bertz CT molecular complexity index is 603. The van der Waals surface area contributed by atoms with Gasteiger partial charge < -0.3 is 5.32 Å². The van der Waals surface area contributed by atoms with E-state index in [4.69, 9.17) is 11.6 Å². The number of hydrogen-bond donors (Lipinski definition) is 1. The van der Waals surface area contributed by atoms with Crippen molar-refractivity contribution >= 4 is 28.8 Å². The molecule has 2 aromatic rings. The maximum absolute atomic E-state index is 12.2. The lowest BCUT2D eigenvalue weighted by Crippen LogP contribution is -2.26. The molecule has 2 rings (SSSR count). The number of hydrogen-bond acceptors (Lipinski definition) is 2. The van der Waals surface area contributed by atoms with Crippen molar-refractivity contribution in [3.05, 3.63) is 56.8 Å². The van der Waals surface area contributed by atoms with Crippen LogP contribution in [0.4, 0.5) is 0 Å². The first-order valence-corrected chi connectivity index (χ1v) is 7.89. The van der Waals surface area contributed by atoms with E-state index in [1.807, 2.05) is 31.2 Å². The van der Waals surface area contributed by atoms with Crippen LogP contribution in [0.3, 0.4) is 0 Å². The maximum Gasteiger partial charge on any atom is 0.251 e. The molecule has 0 aliphatic rings. The normalized spacial score (nSPS) is 12.2. The highest BCUT2D eigenvalue weighted by atomic mass is 35.5. The SMILES string of the molecule is Cc1cc(C(C)NC(=O)c2ccc(CCl)cc2)c(C)s1. The third kappa shape index (κ3) is 3.41. The number of amides is 1. The van der Waals surface area contributed by atoms with Crippen molar-refractivity contribution in [1.29, 1.82) is 0 Å². The Labute approximate surface area is 128 Å². The average molecular weight is 308 g/mol. The summed E-state index contributed by atoms with van der Waals surface area (Å²) in [6.45, 7) is 6.19. The van der Waals surface area contributed by atoms with Crippen molar-refractivity contribution in [3.8, 4) is 0 Å². The van der Waals surface area contributed by atoms with Gasteiger partial charge in [-0.1, -0.05) is 12.1 Å². The van der Waals surface area contributed by atoms with Gasteiger partial charge in [-0.05, 0) is 50.1 Å². The number of carbonyl (C=O) groups is 1. The summed E-state index contributed by atoms with van der Waals surface area (Å²) in [7, 11) is 0. The van der Waals surface area contributed by atoms with Crippen LogP contribution in [0.5, 0.6) is 0 Å². The Hall–Kier alpha value is -1.32. The number of thiophene rings is 1. The third-order valence-corrected chi connectivity index (χ3v) is 4.55. The lowest BCUT2D eigenvalue weighted by Gasteiger charge is -2.14. The second-order valence-corrected chi connectivity index (χ2v) is 6.62. The minimum absolute atomic E-state index is 0.0140. The first-order chi connectivity index (χ1) is 9.51. The monoisotopic (exact) mass is 307 g/mol. The van der Waals surface area contributed by atoms with Crippen molar-refractivity contribution in [2.45, 2.75) is 32.7 Å². The Morgan fingerprint density at radius 2 is 1.95 bits per heavy atom. The number of nitrogens with one attached hydrogen (secondary N) is 1. The van der Waals surface area contributed by atoms with Gasteiger partial charge in [-0.3, -0.25) is 4.79 Å². The number of carbonyl (C=O) groups excluding carboxylic acids is 1. The van der Waals surface area contributed by atoms with Crippen LogP contribution in [0.1, 0.15) is 44.2 Å². The van der Waals surface area contributed by atoms with Gasteiger partial charge in [0.1, 0.15) is 0 Å². The summed E-state index contributed by atoms with van der Waals surface area (Å²) in [5, 5.41) is 3.04. The summed E-state index contributed by atoms with van der Waals surface area (Å²) in [5.74, 6) is 0.410. The first kappa shape index (κ1) is 15.1. The number of benzene rings is 1. The second kappa shape index (κ2) is 6.42. The molecule has 1 N–H and O–H groups in total. The molecule has 1 aromatic carbocycles. The first-order valence-electron chi connectivity index (χ1n) is 6.54. The molecule has 106 valence electrons. The van der Waals surface area contributed by atoms with E-state index in [1.54, 1.807) is 11.3 Å². The molecule has 0 aliphatic heterocycles. The molecular weight excluding hydrogens is 290 g/mol. The van der Waals surface area contributed by atoms with Gasteiger partial charge in [0.2, 0.25) is 0 Å². The Morgan fingerprint density at radius 3 is 2.45 bits per heavy atom. The van der Waals surface area contributed by atoms with Crippen molar-refractivity contribution in [2.24, 2.45) is 0 Å². The van der Waals surface area contributed by atoms with E-state index in [9.17, 15) is 4.79 Å². The highest BCUT2D eigenvalue weighted by Crippen LogP contribution is 2.26. The van der Waals surface area contributed by atoms with E-state index in [1.165, 1.54) is 15.3 Å². The molecule has 0 spiro atoms. The van der Waals surface area contributed by atoms with Gasteiger partial charge >= 0.3 is 0 Å². The fourth-order valence-corrected chi connectivity index (χ4v) is 3.38. The third-order valence-electron chi connectivity index (χ3n) is 3.26. The minimum Gasteiger partial charge on any atom is -0.345 e. The molecule has 4 heteroatoms. The summed E-state index contributed by atoms with van der Waals surface area (Å²) >= 11 is 7.50. The molecule has 0 saturated carbocycles. The molecule has 1 atom stereocenters. The maximum atomic E-state index is 12.2. The van der Waals surface area contributed by atoms with Crippen LogP contribution >= 0.6 is 22.9 Å². The summed E-state index contributed by atoms with van der Waals surface area (Å²) in [5.41, 5.74) is 2.87. The molecule has 0 bridgehead atoms. The van der Waals surface area contributed by atoms with Crippen molar-refractivity contribution < 1.29 is 4.79 Å². The molecule has 20 heavy (non-hydrogen) atoms. The zero-order valence-electron chi connectivity index (χ0n) is 11.9. The molecule has 0 aliphatic carbocycles. The van der Waals surface area contributed by atoms with E-state index in [0.717, 1.165) is 5.56 Å². The Balaban J connectivity index is 2.08. The van der Waals surface area contributed by atoms with E-state index in [-0.39, 0.29) is 11.9 Å². The van der Waals surface area contributed by atoms with Gasteiger partial charge in [-0.15, -0.1) is 22.9 Å². The molecule has 1 unspecified atom stereocenters. The molecule has 1 heterocycles. The van der Waals surface area contributed by atoms with Crippen molar-refractivity contribution in [2.75, 3.05) is 0 Å². The van der Waals surface area contributed by atoms with Crippen LogP contribution in [0.15, 0.2) is 30.3 Å². The van der Waals surface area contributed by atoms with E-state index in [0.29, 0.717) is 11.4 Å². The second-order valence-electron chi connectivity index (χ2n) is 4.89. The Morgan fingerprint density at radius 1 is 1.30 bits per heavy atom. The molecule has 1 amide bonds. The largest absolute Gasteiger partial charge is 0.345 e. The van der Waals surface area contributed by atoms with Gasteiger partial charge in [-0.25, -0.2) is 0 Å². The predicted molar refractivity (Wildman–Crippen MR) is 85.7 cm³/mol. The summed E-state index contributed by atoms with van der Waals surface area (Å²) in [6, 6.07) is 9.54. The molecule has 0 saturated heterocycles. The van der Waals surface area contributed by atoms with E-state index < -0.39 is 0 Å². The highest BCUT2D eigenvalue weighted by Gasteiger charge is 2.14. The van der Waals surface area contributed by atoms with Gasteiger partial charge in [-0.2, -0.15) is 0 Å². The van der Waals surface area contributed by atoms with Crippen molar-refractivity contribution in [1.82, 2.24) is 5.32 Å². The topological polar surface area (TPSA) is 29.1 Å². The standard InChI is InChI=1S/C16H18ClNOS/c1-10-8-15(12(3)20-10)11(2)18-16(19)14-6-4-13(9-17)5-7-14/h4-8,11H,9H2,1-3H3,(H,18,19). The number of rotatable bonds is 4. The zero-order valence-corrected chi connectivity index (χ0v) is 13.4. The van der Waals surface area contributed by atoms with Gasteiger partial charge in [0, 0.05) is 21.2 Å². The van der Waals surface area contributed by atoms with Gasteiger partial charge in [0.15, 0.2) is 0 Å². The van der Waals surface area contributed by atoms with Crippen LogP contribution in [0.2, 0.25) is 0 Å². The van der Waals surface area contributed by atoms with Crippen LogP contribution in [0.25, 0.3) is 0 Å². The predicted octanol–water partition coefficient (Wildman–Crippen LogP) is 4.59. The molecule has 0 radical (unpaired) electrons. The fraction of sp³-hybridized carbons (Fsp3) is 0.312. The molecule has 0 fully saturated rings. The summed E-state index contributed by atoms with van der Waals surface area (Å²) in [4.78, 5) is 14.7. The van der Waals surface area contributed by atoms with Crippen LogP contribution in [-0.4, -0.2) is 5.91 Å². The van der Waals surface area contributed by atoms with Crippen LogP contribution in [0, 0.1) is 13.8 Å². The van der Waals surface area contributed by atoms with E-state index >= 15 is 0 Å². The highest BCUT2D eigenvalue weighted by molar-refractivity contribution is 7.12. The minimum atomic E-state index is -0.0538. The Kier molecular flexibility index (Phi) is 4.84. The lowest BCUT2D eigenvalue weighted by molar-refractivity contribution is 0.0940. The fourth-order valence-electron chi connectivity index (χ4n) is 2.18. The number of aryl methyl sites for hydroxylation is 2. The summed E-state index contributed by atoms with van der Waals surface area (Å²) in [6.07, 6.45) is 0. The number of alkyl halides is 1. The summed E-state index contributed by atoms with van der Waals surface area (Å²) < 4.78 is 0. The molecule has 1 aromatic heterocycles. The molecular formula is C16H18ClNOS. The van der Waals surface area contributed by atoms with Gasteiger partial charge in [0.05, 0.1) is 6.04 Å². The van der Waals surface area contributed by atoms with Gasteiger partial charge in [0.25, 0.3) is 5.91 Å². The number of halogens is 1. The quantitative estimate of drug-likeness (QED) is 0.822. The average Bonchev–Trinajstić information content (AvgIpc) is 2.78. The van der Waals surface area contributed by atoms with Crippen LogP contribution < -0.4 is 5.32 Å². The zero-order chi connectivity index (χ0) is 14.7. The van der Waals surface area contributed by atoms with Crippen molar-refractivity contribution in [3.63, 3.8) is 0 Å². The molecule has 2 nitrogen and oxygen atoms in total. The lowest BCUT2D eigenvalue weighted by atomic mass is 10.1. The smallest absolute Gasteiger partial charge is 0.251 e. The van der Waals surface area contributed by atoms with Crippen LogP contribution in [-0.2, 0) is 5.88 Å². The van der Waals surface area contributed by atoms with E-state index in [2.05, 4.69) is 25.2 Å².